The molecule has 2 nitrogen and oxygen atoms in total. The summed E-state index contributed by atoms with van der Waals surface area (Å²) in [6.07, 6.45) is 8.15. The van der Waals surface area contributed by atoms with Crippen molar-refractivity contribution < 1.29 is 0 Å². The van der Waals surface area contributed by atoms with E-state index in [0.717, 1.165) is 23.7 Å². The number of nitrogens with zero attached hydrogens (tertiary/aromatic N) is 1. The van der Waals surface area contributed by atoms with Crippen LogP contribution in [0.1, 0.15) is 58.4 Å². The Morgan fingerprint density at radius 1 is 1.17 bits per heavy atom. The SMILES string of the molecule is CC(C)(C)Nc1ccc2cc(Br)c(CCC3CCCC3)cc2n1. The second-order valence-electron chi connectivity index (χ2n) is 7.90. The van der Waals surface area contributed by atoms with Crippen molar-refractivity contribution in [2.75, 3.05) is 5.32 Å². The molecular weight excluding hydrogens is 348 g/mol. The Labute approximate surface area is 148 Å². The van der Waals surface area contributed by atoms with Gasteiger partial charge >= 0.3 is 0 Å². The Kier molecular flexibility index (Phi) is 4.96. The van der Waals surface area contributed by atoms with E-state index in [1.165, 1.54) is 47.5 Å². The fourth-order valence-electron chi connectivity index (χ4n) is 3.49. The molecule has 0 aliphatic heterocycles. The van der Waals surface area contributed by atoms with Gasteiger partial charge in [-0.15, -0.1) is 0 Å². The average molecular weight is 375 g/mol. The molecule has 3 heteroatoms. The predicted molar refractivity (Wildman–Crippen MR) is 103 cm³/mol. The minimum atomic E-state index is 0.0291. The number of hydrogen-bond acceptors (Lipinski definition) is 2. The van der Waals surface area contributed by atoms with Crippen molar-refractivity contribution in [3.05, 3.63) is 34.3 Å². The van der Waals surface area contributed by atoms with Gasteiger partial charge in [-0.05, 0) is 69.4 Å². The summed E-state index contributed by atoms with van der Waals surface area (Å²) in [4.78, 5) is 4.81. The molecule has 1 aromatic heterocycles. The number of pyridine rings is 1. The van der Waals surface area contributed by atoms with Crippen molar-refractivity contribution in [1.82, 2.24) is 4.98 Å². The molecule has 0 radical (unpaired) electrons. The standard InChI is InChI=1S/C20H27BrN2/c1-20(2,3)23-19-11-10-16-12-17(21)15(13-18(16)22-19)9-8-14-6-4-5-7-14/h10-14H,4-9H2,1-3H3,(H,22,23). The fraction of sp³-hybridized carbons (Fsp3) is 0.550. The first-order valence-electron chi connectivity index (χ1n) is 8.78. The number of aromatic nitrogens is 1. The predicted octanol–water partition coefficient (Wildman–Crippen LogP) is 6.33. The van der Waals surface area contributed by atoms with E-state index in [-0.39, 0.29) is 5.54 Å². The number of nitrogens with one attached hydrogen (secondary N) is 1. The van der Waals surface area contributed by atoms with Gasteiger partial charge in [-0.3, -0.25) is 0 Å². The van der Waals surface area contributed by atoms with E-state index in [0.29, 0.717) is 0 Å². The van der Waals surface area contributed by atoms with Gasteiger partial charge in [-0.2, -0.15) is 0 Å². The van der Waals surface area contributed by atoms with Crippen molar-refractivity contribution in [3.8, 4) is 0 Å². The molecule has 1 aliphatic carbocycles. The number of aryl methyl sites for hydroxylation is 1. The topological polar surface area (TPSA) is 24.9 Å². The molecule has 1 heterocycles. The average Bonchev–Trinajstić information content (AvgIpc) is 2.97. The summed E-state index contributed by atoms with van der Waals surface area (Å²) in [5.74, 6) is 1.88. The normalized spacial score (nSPS) is 16.2. The maximum Gasteiger partial charge on any atom is 0.127 e. The lowest BCUT2D eigenvalue weighted by atomic mass is 9.97. The van der Waals surface area contributed by atoms with E-state index in [1.807, 2.05) is 0 Å². The van der Waals surface area contributed by atoms with Crippen LogP contribution >= 0.6 is 15.9 Å². The number of fused-ring (bicyclic) bond motifs is 1. The number of anilines is 1. The first kappa shape index (κ1) is 16.8. The second kappa shape index (κ2) is 6.80. The van der Waals surface area contributed by atoms with Gasteiger partial charge in [0.2, 0.25) is 0 Å². The van der Waals surface area contributed by atoms with Gasteiger partial charge in [0, 0.05) is 15.4 Å². The highest BCUT2D eigenvalue weighted by Crippen LogP contribution is 2.31. The summed E-state index contributed by atoms with van der Waals surface area (Å²) in [5, 5.41) is 4.66. The highest BCUT2D eigenvalue weighted by Gasteiger charge is 2.16. The van der Waals surface area contributed by atoms with E-state index in [9.17, 15) is 0 Å². The molecule has 1 aliphatic rings. The zero-order valence-corrected chi connectivity index (χ0v) is 16.0. The molecule has 0 atom stereocenters. The smallest absolute Gasteiger partial charge is 0.127 e. The summed E-state index contributed by atoms with van der Waals surface area (Å²) in [5.41, 5.74) is 2.51. The maximum absolute atomic E-state index is 4.81. The molecule has 124 valence electrons. The van der Waals surface area contributed by atoms with Gasteiger partial charge in [-0.1, -0.05) is 41.6 Å². The van der Waals surface area contributed by atoms with Crippen LogP contribution in [0.2, 0.25) is 0 Å². The first-order valence-corrected chi connectivity index (χ1v) is 9.57. The Morgan fingerprint density at radius 2 is 1.91 bits per heavy atom. The maximum atomic E-state index is 4.81. The monoisotopic (exact) mass is 374 g/mol. The lowest BCUT2D eigenvalue weighted by Gasteiger charge is -2.21. The molecule has 0 amide bonds. The first-order chi connectivity index (χ1) is 10.9. The second-order valence-corrected chi connectivity index (χ2v) is 8.75. The van der Waals surface area contributed by atoms with Crippen LogP contribution in [-0.2, 0) is 6.42 Å². The quantitative estimate of drug-likeness (QED) is 0.675. The fourth-order valence-corrected chi connectivity index (χ4v) is 4.05. The van der Waals surface area contributed by atoms with Gasteiger partial charge in [0.1, 0.15) is 5.82 Å². The highest BCUT2D eigenvalue weighted by molar-refractivity contribution is 9.10. The van der Waals surface area contributed by atoms with Crippen LogP contribution in [0.3, 0.4) is 0 Å². The summed E-state index contributed by atoms with van der Waals surface area (Å²) in [7, 11) is 0. The van der Waals surface area contributed by atoms with Crippen LogP contribution < -0.4 is 5.32 Å². The third-order valence-corrected chi connectivity index (χ3v) is 5.40. The minimum absolute atomic E-state index is 0.0291. The largest absolute Gasteiger partial charge is 0.365 e. The van der Waals surface area contributed by atoms with Crippen molar-refractivity contribution in [3.63, 3.8) is 0 Å². The molecule has 2 aromatic rings. The van der Waals surface area contributed by atoms with Crippen LogP contribution in [-0.4, -0.2) is 10.5 Å². The van der Waals surface area contributed by atoms with E-state index in [1.54, 1.807) is 0 Å². The van der Waals surface area contributed by atoms with Gasteiger partial charge in [0.05, 0.1) is 5.52 Å². The summed E-state index contributed by atoms with van der Waals surface area (Å²) in [6, 6.07) is 8.70. The molecule has 1 N–H and O–H groups in total. The van der Waals surface area contributed by atoms with E-state index < -0.39 is 0 Å². The molecule has 3 rings (SSSR count). The van der Waals surface area contributed by atoms with E-state index in [2.05, 4.69) is 66.3 Å². The van der Waals surface area contributed by atoms with Crippen molar-refractivity contribution >= 4 is 32.7 Å². The van der Waals surface area contributed by atoms with Crippen LogP contribution in [0.15, 0.2) is 28.7 Å². The van der Waals surface area contributed by atoms with Crippen molar-refractivity contribution in [2.45, 2.75) is 64.8 Å². The van der Waals surface area contributed by atoms with Crippen LogP contribution in [0, 0.1) is 5.92 Å². The molecule has 0 saturated heterocycles. The van der Waals surface area contributed by atoms with Crippen LogP contribution in [0.25, 0.3) is 10.9 Å². The highest BCUT2D eigenvalue weighted by atomic mass is 79.9. The number of halogens is 1. The molecular formula is C20H27BrN2. The minimum Gasteiger partial charge on any atom is -0.365 e. The lowest BCUT2D eigenvalue weighted by Crippen LogP contribution is -2.26. The Balaban J connectivity index is 1.81. The summed E-state index contributed by atoms with van der Waals surface area (Å²) in [6.45, 7) is 6.48. The molecule has 1 aromatic carbocycles. The van der Waals surface area contributed by atoms with E-state index >= 15 is 0 Å². The molecule has 23 heavy (non-hydrogen) atoms. The third kappa shape index (κ3) is 4.47. The summed E-state index contributed by atoms with van der Waals surface area (Å²) < 4.78 is 1.22. The van der Waals surface area contributed by atoms with E-state index in [4.69, 9.17) is 4.98 Å². The molecule has 1 fully saturated rings. The number of benzene rings is 1. The Bertz CT molecular complexity index is 682. The van der Waals surface area contributed by atoms with Crippen molar-refractivity contribution in [2.24, 2.45) is 5.92 Å². The molecule has 1 saturated carbocycles. The van der Waals surface area contributed by atoms with Gasteiger partial charge in [0.15, 0.2) is 0 Å². The zero-order valence-electron chi connectivity index (χ0n) is 14.5. The molecule has 0 unspecified atom stereocenters. The Morgan fingerprint density at radius 3 is 2.61 bits per heavy atom. The van der Waals surface area contributed by atoms with Gasteiger partial charge in [0.25, 0.3) is 0 Å². The number of hydrogen-bond donors (Lipinski definition) is 1. The van der Waals surface area contributed by atoms with Crippen LogP contribution in [0.4, 0.5) is 5.82 Å². The third-order valence-electron chi connectivity index (χ3n) is 4.66. The van der Waals surface area contributed by atoms with Gasteiger partial charge in [-0.25, -0.2) is 4.98 Å². The zero-order chi connectivity index (χ0) is 16.4. The summed E-state index contributed by atoms with van der Waals surface area (Å²) >= 11 is 3.75. The lowest BCUT2D eigenvalue weighted by molar-refractivity contribution is 0.503. The molecule has 0 bridgehead atoms. The van der Waals surface area contributed by atoms with Crippen LogP contribution in [0.5, 0.6) is 0 Å². The molecule has 0 spiro atoms. The van der Waals surface area contributed by atoms with Crippen molar-refractivity contribution in [1.29, 1.82) is 0 Å². The number of rotatable bonds is 4. The Hall–Kier alpha value is -1.09. The van der Waals surface area contributed by atoms with Gasteiger partial charge < -0.3 is 5.32 Å².